The Morgan fingerprint density at radius 1 is 0.556 bits per heavy atom. The molecule has 6 heteroatoms. The number of nitrogens with zero attached hydrogens (tertiary/aromatic N) is 5. The number of aliphatic imine (C=N–C) groups is 2. The van der Waals surface area contributed by atoms with Crippen LogP contribution in [0.1, 0.15) is 196 Å². The summed E-state index contributed by atoms with van der Waals surface area (Å²) in [5.74, 6) is 0.0419. The van der Waals surface area contributed by atoms with Crippen LogP contribution in [0.5, 0.6) is 0 Å². The molecular formula is C57H69N5Ni. The molecule has 2 atom stereocenters. The third kappa shape index (κ3) is 8.07. The van der Waals surface area contributed by atoms with E-state index >= 15 is 0 Å². The molecule has 5 nitrogen and oxygen atoms in total. The van der Waals surface area contributed by atoms with Crippen molar-refractivity contribution in [3.8, 4) is 6.07 Å². The van der Waals surface area contributed by atoms with Gasteiger partial charge >= 0.3 is 16.5 Å². The largest absolute Gasteiger partial charge is 2.00 e. The molecule has 4 aromatic rings. The topological polar surface area (TPSA) is 76.7 Å². The number of rotatable bonds is 16. The second-order valence-electron chi connectivity index (χ2n) is 17.3. The first-order valence-electron chi connectivity index (χ1n) is 24.3. The first kappa shape index (κ1) is 47.8. The van der Waals surface area contributed by atoms with Gasteiger partial charge in [0.25, 0.3) is 0 Å². The summed E-state index contributed by atoms with van der Waals surface area (Å²) < 4.78 is 0. The second kappa shape index (κ2) is 20.9. The van der Waals surface area contributed by atoms with Crippen molar-refractivity contribution in [3.63, 3.8) is 0 Å². The monoisotopic (exact) mass is 881 g/mol. The maximum Gasteiger partial charge on any atom is 2.00 e. The molecule has 0 saturated heterocycles. The minimum atomic E-state index is -1.05. The fraction of sp³-hybridized carbons (Fsp3) is 0.456. The zero-order valence-electron chi connectivity index (χ0n) is 39.8. The van der Waals surface area contributed by atoms with Crippen LogP contribution in [0.4, 0.5) is 0 Å². The van der Waals surface area contributed by atoms with Crippen LogP contribution in [0.3, 0.4) is 0 Å². The van der Waals surface area contributed by atoms with Crippen molar-refractivity contribution in [3.05, 3.63) is 151 Å². The minimum absolute atomic E-state index is 0. The standard InChI is InChI=1S/C57H69N5.Ni/c1-11-21-33-46-49-38(13-3)40(15-5)51(59-49)47(36-29-25-23-26-30-36)53-42(17-7)44(19-9)55(61-53)57(35-58,34-22-12-2)56-45(20-10)43(18-8)54(62-56)48(37-31-27-24-28-32-37)52-41(16-6)39(14-4)50(46)60-52;/h23-32,46H,11-22,33-34H2,1-10H3;/q-2;+2/b51-47-,54-48-;/t46-,57-;/m0./s1. The van der Waals surface area contributed by atoms with E-state index in [0.29, 0.717) is 6.42 Å². The van der Waals surface area contributed by atoms with Crippen LogP contribution >= 0.6 is 0 Å². The summed E-state index contributed by atoms with van der Waals surface area (Å²) in [5, 5.41) is 12.1. The Hall–Kier alpha value is -4.72. The molecule has 2 aromatic heterocycles. The van der Waals surface area contributed by atoms with Gasteiger partial charge in [0.2, 0.25) is 0 Å². The fourth-order valence-corrected chi connectivity index (χ4v) is 11.1. The number of hydrogen-bond donors (Lipinski definition) is 0. The van der Waals surface area contributed by atoms with Crippen LogP contribution in [0, 0.1) is 11.3 Å². The van der Waals surface area contributed by atoms with Crippen LogP contribution in [-0.4, -0.2) is 11.4 Å². The zero-order valence-corrected chi connectivity index (χ0v) is 40.8. The molecule has 3 aliphatic heterocycles. The van der Waals surface area contributed by atoms with Crippen molar-refractivity contribution < 1.29 is 16.5 Å². The Labute approximate surface area is 389 Å². The number of benzene rings is 2. The molecule has 0 aliphatic carbocycles. The van der Waals surface area contributed by atoms with Crippen molar-refractivity contribution >= 4 is 22.6 Å². The summed E-state index contributed by atoms with van der Waals surface area (Å²) in [6.45, 7) is 22.8. The third-order valence-corrected chi connectivity index (χ3v) is 14.0. The normalized spacial score (nSPS) is 20.9. The maximum atomic E-state index is 12.1. The van der Waals surface area contributed by atoms with E-state index in [1.54, 1.807) is 0 Å². The Kier molecular flexibility index (Phi) is 15.8. The number of aromatic nitrogens is 2. The number of nitriles is 1. The number of fused-ring (bicyclic) bond motifs is 6. The molecule has 8 bridgehead atoms. The minimum Gasteiger partial charge on any atom is -0.660 e. The van der Waals surface area contributed by atoms with Gasteiger partial charge in [-0.25, -0.2) is 0 Å². The van der Waals surface area contributed by atoms with Crippen LogP contribution < -0.4 is 9.97 Å². The Morgan fingerprint density at radius 3 is 1.54 bits per heavy atom. The van der Waals surface area contributed by atoms with E-state index in [1.807, 2.05) is 0 Å². The van der Waals surface area contributed by atoms with Crippen molar-refractivity contribution in [1.29, 1.82) is 5.26 Å². The quantitative estimate of drug-likeness (QED) is 0.105. The van der Waals surface area contributed by atoms with E-state index in [4.69, 9.17) is 20.0 Å². The van der Waals surface area contributed by atoms with Crippen molar-refractivity contribution in [2.24, 2.45) is 9.98 Å². The smallest absolute Gasteiger partial charge is 0.660 e. The van der Waals surface area contributed by atoms with Gasteiger partial charge in [0.05, 0.1) is 28.9 Å². The molecule has 0 radical (unpaired) electrons. The average Bonchev–Trinajstić information content (AvgIpc) is 4.08. The predicted molar refractivity (Wildman–Crippen MR) is 261 cm³/mol. The molecule has 7 rings (SSSR count). The van der Waals surface area contributed by atoms with Gasteiger partial charge in [-0.15, -0.1) is 22.8 Å². The van der Waals surface area contributed by atoms with Gasteiger partial charge in [0, 0.05) is 5.92 Å². The van der Waals surface area contributed by atoms with E-state index in [-0.39, 0.29) is 22.4 Å². The summed E-state index contributed by atoms with van der Waals surface area (Å²) in [5.41, 5.74) is 21.8. The van der Waals surface area contributed by atoms with Gasteiger partial charge in [-0.2, -0.15) is 5.26 Å². The van der Waals surface area contributed by atoms with Gasteiger partial charge in [-0.3, -0.25) is 9.98 Å². The predicted octanol–water partition coefficient (Wildman–Crippen LogP) is 14.4. The van der Waals surface area contributed by atoms with Gasteiger partial charge in [0.1, 0.15) is 5.41 Å². The molecular weight excluding hydrogens is 813 g/mol. The molecule has 0 saturated carbocycles. The summed E-state index contributed by atoms with van der Waals surface area (Å²) in [6, 6.07) is 24.7. The molecule has 0 fully saturated rings. The molecule has 2 aromatic carbocycles. The molecule has 5 heterocycles. The molecule has 63 heavy (non-hydrogen) atoms. The van der Waals surface area contributed by atoms with E-state index < -0.39 is 5.41 Å². The maximum absolute atomic E-state index is 12.1. The van der Waals surface area contributed by atoms with Gasteiger partial charge in [0.15, 0.2) is 0 Å². The fourth-order valence-electron chi connectivity index (χ4n) is 11.1. The van der Waals surface area contributed by atoms with Crippen LogP contribution in [-0.2, 0) is 47.6 Å². The second-order valence-corrected chi connectivity index (χ2v) is 17.3. The van der Waals surface area contributed by atoms with E-state index in [1.165, 1.54) is 56.0 Å². The van der Waals surface area contributed by atoms with E-state index in [9.17, 15) is 5.26 Å². The average molecular weight is 883 g/mol. The Balaban J connectivity index is 0.00000661. The first-order chi connectivity index (χ1) is 30.3. The van der Waals surface area contributed by atoms with E-state index in [2.05, 4.69) is 136 Å². The van der Waals surface area contributed by atoms with Crippen molar-refractivity contribution in [2.75, 3.05) is 0 Å². The van der Waals surface area contributed by atoms with Gasteiger partial charge in [-0.05, 0) is 109 Å². The molecule has 0 unspecified atom stereocenters. The van der Waals surface area contributed by atoms with Gasteiger partial charge < -0.3 is 9.97 Å². The summed E-state index contributed by atoms with van der Waals surface area (Å²) in [4.78, 5) is 23.7. The number of unbranched alkanes of at least 4 members (excludes halogenated alkanes) is 2. The zero-order chi connectivity index (χ0) is 44.1. The molecule has 0 spiro atoms. The molecule has 0 amide bonds. The van der Waals surface area contributed by atoms with E-state index in [0.717, 1.165) is 140 Å². The van der Waals surface area contributed by atoms with Crippen LogP contribution in [0.15, 0.2) is 104 Å². The first-order valence-corrected chi connectivity index (χ1v) is 24.3. The van der Waals surface area contributed by atoms with Gasteiger partial charge in [-0.1, -0.05) is 178 Å². The van der Waals surface area contributed by atoms with Crippen molar-refractivity contribution in [2.45, 2.75) is 170 Å². The number of hydrogen-bond acceptors (Lipinski definition) is 3. The summed E-state index contributed by atoms with van der Waals surface area (Å²) in [6.07, 6.45) is 12.3. The third-order valence-electron chi connectivity index (χ3n) is 14.0. The molecule has 332 valence electrons. The summed E-state index contributed by atoms with van der Waals surface area (Å²) in [7, 11) is 0. The van der Waals surface area contributed by atoms with Crippen LogP contribution in [0.25, 0.3) is 11.1 Å². The summed E-state index contributed by atoms with van der Waals surface area (Å²) >= 11 is 0. The number of allylic oxidation sites excluding steroid dienone is 4. The molecule has 0 N–H and O–H groups in total. The van der Waals surface area contributed by atoms with Crippen molar-refractivity contribution in [1.82, 2.24) is 9.97 Å². The molecule has 3 aliphatic rings. The SMILES string of the molecule is CCCC[C@H]1C2=N/C(=C(/c3ccccc3)c3[n-]c(c(CC)c3CC)[C@@](C#N)(CCCC)C3=N/C(=C(/c4ccccc4)c4[n-]c1c(CC)c4CC)C(CC)=C3CC)C(CC)=C2CC.[Ni+2]. The Morgan fingerprint density at radius 2 is 1.05 bits per heavy atom. The Bertz CT molecular complexity index is 2530. The van der Waals surface area contributed by atoms with Crippen LogP contribution in [0.2, 0.25) is 0 Å².